The Morgan fingerprint density at radius 3 is 3.00 bits per heavy atom. The van der Waals surface area contributed by atoms with Crippen molar-refractivity contribution in [2.75, 3.05) is 11.9 Å². The van der Waals surface area contributed by atoms with Gasteiger partial charge in [-0.2, -0.15) is 5.26 Å². The normalized spacial score (nSPS) is 9.60. The monoisotopic (exact) mass is 267 g/mol. The highest BCUT2D eigenvalue weighted by molar-refractivity contribution is 6.03. The molecule has 0 radical (unpaired) electrons. The Kier molecular flexibility index (Phi) is 4.30. The first kappa shape index (κ1) is 13.6. The van der Waals surface area contributed by atoms with Gasteiger partial charge in [-0.25, -0.2) is 0 Å². The Hall–Kier alpha value is -2.87. The highest BCUT2D eigenvalue weighted by Crippen LogP contribution is 2.18. The lowest BCUT2D eigenvalue weighted by Gasteiger charge is -2.08. The molecule has 100 valence electrons. The average Bonchev–Trinajstić information content (AvgIpc) is 2.46. The van der Waals surface area contributed by atoms with E-state index in [1.165, 1.54) is 0 Å². The first-order valence-corrected chi connectivity index (χ1v) is 6.03. The van der Waals surface area contributed by atoms with Crippen LogP contribution in [0.4, 0.5) is 5.69 Å². The molecule has 1 heterocycles. The number of nitrogens with zero attached hydrogens (tertiary/aromatic N) is 2. The van der Waals surface area contributed by atoms with Crippen molar-refractivity contribution in [3.05, 3.63) is 53.9 Å². The number of ether oxygens (including phenoxy) is 1. The minimum Gasteiger partial charge on any atom is -0.479 e. The molecule has 0 saturated heterocycles. The van der Waals surface area contributed by atoms with Gasteiger partial charge in [0.15, 0.2) is 6.61 Å². The molecule has 1 aromatic heterocycles. The zero-order valence-corrected chi connectivity index (χ0v) is 11.0. The van der Waals surface area contributed by atoms with Gasteiger partial charge < -0.3 is 10.1 Å². The van der Waals surface area contributed by atoms with E-state index in [-0.39, 0.29) is 12.5 Å². The van der Waals surface area contributed by atoms with Crippen LogP contribution in [0.25, 0.3) is 0 Å². The maximum absolute atomic E-state index is 12.1. The predicted molar refractivity (Wildman–Crippen MR) is 74.5 cm³/mol. The minimum absolute atomic E-state index is 0.0310. The van der Waals surface area contributed by atoms with E-state index in [1.807, 2.05) is 19.1 Å². The number of pyridine rings is 1. The van der Waals surface area contributed by atoms with Crippen LogP contribution in [0, 0.1) is 18.3 Å². The summed E-state index contributed by atoms with van der Waals surface area (Å²) in [5.74, 6) is 0.252. The van der Waals surface area contributed by atoms with E-state index >= 15 is 0 Å². The van der Waals surface area contributed by atoms with Crippen LogP contribution >= 0.6 is 0 Å². The molecule has 1 amide bonds. The third-order valence-corrected chi connectivity index (χ3v) is 2.62. The molecule has 0 unspecified atom stereocenters. The van der Waals surface area contributed by atoms with E-state index in [4.69, 9.17) is 10.00 Å². The Bertz CT molecular complexity index is 662. The molecule has 2 aromatic rings. The van der Waals surface area contributed by atoms with Gasteiger partial charge in [0.25, 0.3) is 5.91 Å². The number of nitriles is 1. The van der Waals surface area contributed by atoms with Crippen LogP contribution < -0.4 is 10.1 Å². The molecule has 5 heteroatoms. The van der Waals surface area contributed by atoms with E-state index in [9.17, 15) is 4.79 Å². The first-order valence-electron chi connectivity index (χ1n) is 6.03. The second-order valence-corrected chi connectivity index (χ2v) is 4.10. The summed E-state index contributed by atoms with van der Waals surface area (Å²) >= 11 is 0. The fourth-order valence-electron chi connectivity index (χ4n) is 1.69. The summed E-state index contributed by atoms with van der Waals surface area (Å²) in [6.07, 6.45) is 1.58. The van der Waals surface area contributed by atoms with Gasteiger partial charge in [-0.1, -0.05) is 12.1 Å². The fraction of sp³-hybridized carbons (Fsp3) is 0.133. The fourth-order valence-corrected chi connectivity index (χ4v) is 1.69. The molecule has 0 aliphatic heterocycles. The standard InChI is InChI=1S/C15H13N3O2/c1-11-4-3-8-17-14(11)15(19)18-12-5-2-6-13(10-12)20-9-7-16/h2-6,8,10H,9H2,1H3,(H,18,19). The lowest BCUT2D eigenvalue weighted by molar-refractivity contribution is 0.102. The number of hydrogen-bond acceptors (Lipinski definition) is 4. The number of aryl methyl sites for hydroxylation is 1. The molecule has 0 saturated carbocycles. The predicted octanol–water partition coefficient (Wildman–Crippen LogP) is 2.54. The molecule has 0 fully saturated rings. The van der Waals surface area contributed by atoms with Crippen molar-refractivity contribution in [3.8, 4) is 11.8 Å². The van der Waals surface area contributed by atoms with Crippen molar-refractivity contribution in [1.82, 2.24) is 4.98 Å². The van der Waals surface area contributed by atoms with Gasteiger partial charge in [-0.3, -0.25) is 9.78 Å². The molecule has 0 spiro atoms. The number of benzene rings is 1. The highest BCUT2D eigenvalue weighted by Gasteiger charge is 2.10. The SMILES string of the molecule is Cc1cccnc1C(=O)Nc1cccc(OCC#N)c1. The maximum Gasteiger partial charge on any atom is 0.274 e. The third kappa shape index (κ3) is 3.33. The number of amides is 1. The number of carbonyl (C=O) groups is 1. The Labute approximate surface area is 116 Å². The number of anilines is 1. The number of hydrogen-bond donors (Lipinski definition) is 1. The number of rotatable bonds is 4. The second kappa shape index (κ2) is 6.34. The van der Waals surface area contributed by atoms with Crippen molar-refractivity contribution in [2.24, 2.45) is 0 Å². The Morgan fingerprint density at radius 1 is 1.40 bits per heavy atom. The topological polar surface area (TPSA) is 75.0 Å². The van der Waals surface area contributed by atoms with Gasteiger partial charge in [-0.15, -0.1) is 0 Å². The van der Waals surface area contributed by atoms with Crippen LogP contribution in [0.2, 0.25) is 0 Å². The van der Waals surface area contributed by atoms with Crippen molar-refractivity contribution >= 4 is 11.6 Å². The van der Waals surface area contributed by atoms with Crippen LogP contribution in [-0.2, 0) is 0 Å². The quantitative estimate of drug-likeness (QED) is 0.923. The first-order chi connectivity index (χ1) is 9.70. The maximum atomic E-state index is 12.1. The van der Waals surface area contributed by atoms with Crippen LogP contribution in [-0.4, -0.2) is 17.5 Å². The van der Waals surface area contributed by atoms with Gasteiger partial charge in [0.1, 0.15) is 17.5 Å². The van der Waals surface area contributed by atoms with E-state index < -0.39 is 0 Å². The summed E-state index contributed by atoms with van der Waals surface area (Å²) in [6.45, 7) is 1.80. The van der Waals surface area contributed by atoms with Gasteiger partial charge >= 0.3 is 0 Å². The third-order valence-electron chi connectivity index (χ3n) is 2.62. The summed E-state index contributed by atoms with van der Waals surface area (Å²) in [4.78, 5) is 16.2. The number of aromatic nitrogens is 1. The molecule has 0 aliphatic carbocycles. The lowest BCUT2D eigenvalue weighted by Crippen LogP contribution is -2.15. The molecule has 5 nitrogen and oxygen atoms in total. The van der Waals surface area contributed by atoms with Crippen molar-refractivity contribution in [3.63, 3.8) is 0 Å². The van der Waals surface area contributed by atoms with E-state index in [1.54, 1.807) is 36.5 Å². The Balaban J connectivity index is 2.12. The molecule has 20 heavy (non-hydrogen) atoms. The van der Waals surface area contributed by atoms with E-state index in [2.05, 4.69) is 10.3 Å². The molecular formula is C15H13N3O2. The van der Waals surface area contributed by atoms with Crippen LogP contribution in [0.5, 0.6) is 5.75 Å². The lowest BCUT2D eigenvalue weighted by atomic mass is 10.2. The number of nitrogens with one attached hydrogen (secondary N) is 1. The highest BCUT2D eigenvalue weighted by atomic mass is 16.5. The minimum atomic E-state index is -0.277. The summed E-state index contributed by atoms with van der Waals surface area (Å²) in [5, 5.41) is 11.2. The average molecular weight is 267 g/mol. The second-order valence-electron chi connectivity index (χ2n) is 4.10. The zero-order chi connectivity index (χ0) is 14.4. The van der Waals surface area contributed by atoms with Crippen molar-refractivity contribution in [2.45, 2.75) is 6.92 Å². The molecule has 0 bridgehead atoms. The molecule has 2 rings (SSSR count). The van der Waals surface area contributed by atoms with E-state index in [0.717, 1.165) is 5.56 Å². The summed E-state index contributed by atoms with van der Waals surface area (Å²) < 4.78 is 5.18. The van der Waals surface area contributed by atoms with Crippen molar-refractivity contribution in [1.29, 1.82) is 5.26 Å². The number of carbonyl (C=O) groups excluding carboxylic acids is 1. The van der Waals surface area contributed by atoms with Gasteiger partial charge in [0.2, 0.25) is 0 Å². The molecule has 1 N–H and O–H groups in total. The van der Waals surface area contributed by atoms with Gasteiger partial charge in [0.05, 0.1) is 0 Å². The molecular weight excluding hydrogens is 254 g/mol. The zero-order valence-electron chi connectivity index (χ0n) is 11.0. The van der Waals surface area contributed by atoms with Gasteiger partial charge in [-0.05, 0) is 30.7 Å². The van der Waals surface area contributed by atoms with Crippen LogP contribution in [0.15, 0.2) is 42.6 Å². The molecule has 0 atom stereocenters. The van der Waals surface area contributed by atoms with E-state index in [0.29, 0.717) is 17.1 Å². The van der Waals surface area contributed by atoms with Crippen molar-refractivity contribution < 1.29 is 9.53 Å². The van der Waals surface area contributed by atoms with Crippen LogP contribution in [0.3, 0.4) is 0 Å². The van der Waals surface area contributed by atoms with Crippen LogP contribution in [0.1, 0.15) is 16.1 Å². The summed E-state index contributed by atoms with van der Waals surface area (Å²) in [7, 11) is 0. The Morgan fingerprint density at radius 2 is 2.25 bits per heavy atom. The molecule has 1 aromatic carbocycles. The largest absolute Gasteiger partial charge is 0.479 e. The molecule has 0 aliphatic rings. The summed E-state index contributed by atoms with van der Waals surface area (Å²) in [6, 6.07) is 12.4. The van der Waals surface area contributed by atoms with Gasteiger partial charge in [0, 0.05) is 18.0 Å². The smallest absolute Gasteiger partial charge is 0.274 e. The summed E-state index contributed by atoms with van der Waals surface area (Å²) in [5.41, 5.74) is 1.79.